The predicted octanol–water partition coefficient (Wildman–Crippen LogP) is 3.84. The highest BCUT2D eigenvalue weighted by molar-refractivity contribution is 9.10. The SMILES string of the molecule is O=C(O)c1cc(Br)ccc1N1CCc2ccccc21. The summed E-state index contributed by atoms with van der Waals surface area (Å²) in [5.41, 5.74) is 3.45. The summed E-state index contributed by atoms with van der Waals surface area (Å²) in [7, 11) is 0. The number of anilines is 2. The number of benzene rings is 2. The van der Waals surface area contributed by atoms with Crippen LogP contribution >= 0.6 is 15.9 Å². The first-order valence-corrected chi connectivity index (χ1v) is 6.84. The Morgan fingerprint density at radius 2 is 1.95 bits per heavy atom. The molecule has 3 rings (SSSR count). The molecular formula is C15H12BrNO2. The number of aromatic carboxylic acids is 1. The van der Waals surface area contributed by atoms with Crippen molar-refractivity contribution >= 4 is 33.3 Å². The van der Waals surface area contributed by atoms with Crippen molar-refractivity contribution in [3.05, 3.63) is 58.1 Å². The van der Waals surface area contributed by atoms with Gasteiger partial charge in [0, 0.05) is 16.7 Å². The summed E-state index contributed by atoms with van der Waals surface area (Å²) >= 11 is 3.32. The molecule has 1 heterocycles. The average Bonchev–Trinajstić information content (AvgIpc) is 2.82. The van der Waals surface area contributed by atoms with Crippen LogP contribution in [0.5, 0.6) is 0 Å². The Balaban J connectivity index is 2.12. The first-order chi connectivity index (χ1) is 9.16. The minimum Gasteiger partial charge on any atom is -0.478 e. The number of hydrogen-bond donors (Lipinski definition) is 1. The summed E-state index contributed by atoms with van der Waals surface area (Å²) < 4.78 is 0.779. The Bertz CT molecular complexity index is 654. The quantitative estimate of drug-likeness (QED) is 0.914. The number of carboxylic acid groups (broad SMARTS) is 1. The molecular weight excluding hydrogens is 306 g/mol. The van der Waals surface area contributed by atoms with E-state index in [4.69, 9.17) is 0 Å². The molecule has 4 heteroatoms. The molecule has 0 aromatic heterocycles. The molecule has 0 radical (unpaired) electrons. The smallest absolute Gasteiger partial charge is 0.337 e. The fourth-order valence-corrected chi connectivity index (χ4v) is 2.86. The summed E-state index contributed by atoms with van der Waals surface area (Å²) in [6.45, 7) is 0.821. The molecule has 1 aliphatic rings. The Hall–Kier alpha value is -1.81. The van der Waals surface area contributed by atoms with E-state index in [9.17, 15) is 9.90 Å². The number of halogens is 1. The molecule has 0 unspecified atom stereocenters. The van der Waals surface area contributed by atoms with Crippen LogP contribution in [0.25, 0.3) is 0 Å². The average molecular weight is 318 g/mol. The highest BCUT2D eigenvalue weighted by atomic mass is 79.9. The van der Waals surface area contributed by atoms with Crippen molar-refractivity contribution in [2.24, 2.45) is 0 Å². The predicted molar refractivity (Wildman–Crippen MR) is 78.3 cm³/mol. The fraction of sp³-hybridized carbons (Fsp3) is 0.133. The molecule has 1 aliphatic heterocycles. The van der Waals surface area contributed by atoms with Crippen molar-refractivity contribution in [1.82, 2.24) is 0 Å². The minimum absolute atomic E-state index is 0.325. The molecule has 1 N–H and O–H groups in total. The van der Waals surface area contributed by atoms with Gasteiger partial charge in [0.25, 0.3) is 0 Å². The van der Waals surface area contributed by atoms with Crippen molar-refractivity contribution in [3.63, 3.8) is 0 Å². The van der Waals surface area contributed by atoms with Gasteiger partial charge in [-0.2, -0.15) is 0 Å². The number of rotatable bonds is 2. The van der Waals surface area contributed by atoms with Crippen LogP contribution < -0.4 is 4.90 Å². The van der Waals surface area contributed by atoms with E-state index >= 15 is 0 Å². The number of para-hydroxylation sites is 1. The maximum absolute atomic E-state index is 11.4. The molecule has 2 aromatic rings. The summed E-state index contributed by atoms with van der Waals surface area (Å²) in [5, 5.41) is 9.35. The molecule has 0 amide bonds. The lowest BCUT2D eigenvalue weighted by Gasteiger charge is -2.21. The maximum atomic E-state index is 11.4. The summed E-state index contributed by atoms with van der Waals surface area (Å²) in [6.07, 6.45) is 0.950. The largest absolute Gasteiger partial charge is 0.478 e. The van der Waals surface area contributed by atoms with Gasteiger partial charge >= 0.3 is 5.97 Å². The standard InChI is InChI=1S/C15H12BrNO2/c16-11-5-6-14(12(9-11)15(18)19)17-8-7-10-3-1-2-4-13(10)17/h1-6,9H,7-8H2,(H,18,19). The second-order valence-electron chi connectivity index (χ2n) is 4.50. The normalized spacial score (nSPS) is 13.4. The number of carbonyl (C=O) groups is 1. The van der Waals surface area contributed by atoms with E-state index in [-0.39, 0.29) is 0 Å². The summed E-state index contributed by atoms with van der Waals surface area (Å²) in [6, 6.07) is 13.5. The molecule has 0 spiro atoms. The van der Waals surface area contributed by atoms with Gasteiger partial charge in [-0.3, -0.25) is 0 Å². The van der Waals surface area contributed by atoms with Gasteiger partial charge in [0.05, 0.1) is 11.3 Å². The number of nitrogens with zero attached hydrogens (tertiary/aromatic N) is 1. The lowest BCUT2D eigenvalue weighted by Crippen LogP contribution is -2.17. The van der Waals surface area contributed by atoms with Gasteiger partial charge in [0.15, 0.2) is 0 Å². The van der Waals surface area contributed by atoms with Gasteiger partial charge in [-0.15, -0.1) is 0 Å². The molecule has 0 fully saturated rings. The van der Waals surface area contributed by atoms with Crippen molar-refractivity contribution in [2.75, 3.05) is 11.4 Å². The Kier molecular flexibility index (Phi) is 3.03. The van der Waals surface area contributed by atoms with E-state index in [1.165, 1.54) is 5.56 Å². The molecule has 3 nitrogen and oxygen atoms in total. The minimum atomic E-state index is -0.902. The van der Waals surface area contributed by atoms with Crippen LogP contribution in [0, 0.1) is 0 Å². The van der Waals surface area contributed by atoms with Crippen LogP contribution in [0.2, 0.25) is 0 Å². The molecule has 19 heavy (non-hydrogen) atoms. The lowest BCUT2D eigenvalue weighted by atomic mass is 10.1. The second kappa shape index (κ2) is 4.70. The van der Waals surface area contributed by atoms with Crippen LogP contribution in [0.3, 0.4) is 0 Å². The van der Waals surface area contributed by atoms with Crippen molar-refractivity contribution in [2.45, 2.75) is 6.42 Å². The van der Waals surface area contributed by atoms with E-state index in [1.54, 1.807) is 6.07 Å². The number of hydrogen-bond acceptors (Lipinski definition) is 2. The molecule has 0 atom stereocenters. The third kappa shape index (κ3) is 2.12. The highest BCUT2D eigenvalue weighted by Crippen LogP contribution is 2.36. The molecule has 0 aliphatic carbocycles. The van der Waals surface area contributed by atoms with E-state index in [0.717, 1.165) is 28.8 Å². The van der Waals surface area contributed by atoms with Crippen LogP contribution in [-0.4, -0.2) is 17.6 Å². The van der Waals surface area contributed by atoms with Gasteiger partial charge in [-0.05, 0) is 36.2 Å². The van der Waals surface area contributed by atoms with Crippen LogP contribution in [0.1, 0.15) is 15.9 Å². The van der Waals surface area contributed by atoms with E-state index < -0.39 is 5.97 Å². The zero-order chi connectivity index (χ0) is 13.4. The molecule has 0 saturated carbocycles. The van der Waals surface area contributed by atoms with Crippen molar-refractivity contribution in [3.8, 4) is 0 Å². The number of fused-ring (bicyclic) bond motifs is 1. The van der Waals surface area contributed by atoms with Gasteiger partial charge in [-0.25, -0.2) is 4.79 Å². The van der Waals surface area contributed by atoms with Gasteiger partial charge in [0.2, 0.25) is 0 Å². The zero-order valence-corrected chi connectivity index (χ0v) is 11.7. The first kappa shape index (κ1) is 12.2. The van der Waals surface area contributed by atoms with Crippen molar-refractivity contribution < 1.29 is 9.90 Å². The van der Waals surface area contributed by atoms with E-state index in [0.29, 0.717) is 5.56 Å². The molecule has 2 aromatic carbocycles. The Morgan fingerprint density at radius 1 is 1.16 bits per heavy atom. The summed E-state index contributed by atoms with van der Waals surface area (Å²) in [5.74, 6) is -0.902. The van der Waals surface area contributed by atoms with Gasteiger partial charge in [-0.1, -0.05) is 34.1 Å². The molecule has 96 valence electrons. The monoisotopic (exact) mass is 317 g/mol. The van der Waals surface area contributed by atoms with Gasteiger partial charge < -0.3 is 10.0 Å². The molecule has 0 saturated heterocycles. The maximum Gasteiger partial charge on any atom is 0.337 e. The Labute approximate surface area is 119 Å². The van der Waals surface area contributed by atoms with E-state index in [2.05, 4.69) is 26.9 Å². The Morgan fingerprint density at radius 3 is 2.74 bits per heavy atom. The second-order valence-corrected chi connectivity index (χ2v) is 5.41. The third-order valence-corrected chi connectivity index (χ3v) is 3.86. The summed E-state index contributed by atoms with van der Waals surface area (Å²) in [4.78, 5) is 13.5. The first-order valence-electron chi connectivity index (χ1n) is 6.05. The van der Waals surface area contributed by atoms with Crippen LogP contribution in [0.4, 0.5) is 11.4 Å². The third-order valence-electron chi connectivity index (χ3n) is 3.37. The molecule has 0 bridgehead atoms. The highest BCUT2D eigenvalue weighted by Gasteiger charge is 2.23. The topological polar surface area (TPSA) is 40.5 Å². The zero-order valence-electron chi connectivity index (χ0n) is 10.1. The lowest BCUT2D eigenvalue weighted by molar-refractivity contribution is 0.0697. The fourth-order valence-electron chi connectivity index (χ4n) is 2.50. The number of carboxylic acids is 1. The van der Waals surface area contributed by atoms with Crippen molar-refractivity contribution in [1.29, 1.82) is 0 Å². The van der Waals surface area contributed by atoms with E-state index in [1.807, 2.05) is 30.3 Å². The van der Waals surface area contributed by atoms with Crippen LogP contribution in [-0.2, 0) is 6.42 Å². The van der Waals surface area contributed by atoms with Gasteiger partial charge in [0.1, 0.15) is 0 Å². The van der Waals surface area contributed by atoms with Crippen LogP contribution in [0.15, 0.2) is 46.9 Å².